The predicted molar refractivity (Wildman–Crippen MR) is 122 cm³/mol. The van der Waals surface area contributed by atoms with Crippen molar-refractivity contribution < 1.29 is 4.74 Å². The van der Waals surface area contributed by atoms with Gasteiger partial charge in [-0.3, -0.25) is 9.89 Å². The number of nitrogens with zero attached hydrogens (tertiary/aromatic N) is 3. The predicted octanol–water partition coefficient (Wildman–Crippen LogP) is 3.14. The number of aryl methyl sites for hydroxylation is 1. The van der Waals surface area contributed by atoms with Gasteiger partial charge in [0, 0.05) is 43.2 Å². The number of morpholine rings is 1. The van der Waals surface area contributed by atoms with Crippen LogP contribution in [0.25, 0.3) is 10.6 Å². The molecule has 3 rings (SSSR count). The molecule has 6 nitrogen and oxygen atoms in total. The van der Waals surface area contributed by atoms with Gasteiger partial charge >= 0.3 is 0 Å². The van der Waals surface area contributed by atoms with Crippen molar-refractivity contribution in [2.45, 2.75) is 33.4 Å². The van der Waals surface area contributed by atoms with Crippen molar-refractivity contribution in [3.05, 3.63) is 40.9 Å². The minimum Gasteiger partial charge on any atom is -0.379 e. The molecule has 1 aliphatic rings. The fourth-order valence-electron chi connectivity index (χ4n) is 3.58. The van der Waals surface area contributed by atoms with E-state index in [1.807, 2.05) is 13.1 Å². The van der Waals surface area contributed by atoms with E-state index in [9.17, 15) is 0 Å². The van der Waals surface area contributed by atoms with Crippen LogP contribution in [0.1, 0.15) is 24.4 Å². The molecule has 1 saturated heterocycles. The minimum atomic E-state index is 0.465. The zero-order chi connectivity index (χ0) is 20.6. The monoisotopic (exact) mass is 415 g/mol. The third-order valence-corrected chi connectivity index (χ3v) is 6.52. The molecule has 0 aliphatic carbocycles. The second-order valence-electron chi connectivity index (χ2n) is 7.66. The first kappa shape index (κ1) is 21.7. The van der Waals surface area contributed by atoms with Crippen LogP contribution in [0.5, 0.6) is 0 Å². The van der Waals surface area contributed by atoms with Crippen molar-refractivity contribution in [1.29, 1.82) is 0 Å². The lowest BCUT2D eigenvalue weighted by Crippen LogP contribution is -2.52. The van der Waals surface area contributed by atoms with Crippen LogP contribution >= 0.6 is 11.3 Å². The van der Waals surface area contributed by atoms with Crippen LogP contribution in [0.2, 0.25) is 0 Å². The lowest BCUT2D eigenvalue weighted by atomic mass is 10.0. The van der Waals surface area contributed by atoms with Gasteiger partial charge in [-0.1, -0.05) is 44.2 Å². The zero-order valence-corrected chi connectivity index (χ0v) is 18.8. The number of aliphatic imine (C=N–C) groups is 1. The van der Waals surface area contributed by atoms with Crippen molar-refractivity contribution in [2.75, 3.05) is 39.9 Å². The third kappa shape index (κ3) is 6.01. The van der Waals surface area contributed by atoms with E-state index in [1.54, 1.807) is 11.3 Å². The number of benzene rings is 1. The van der Waals surface area contributed by atoms with E-state index in [4.69, 9.17) is 9.72 Å². The van der Waals surface area contributed by atoms with Gasteiger partial charge in [-0.05, 0) is 12.8 Å². The first-order valence-electron chi connectivity index (χ1n) is 10.4. The minimum absolute atomic E-state index is 0.465. The van der Waals surface area contributed by atoms with Crippen molar-refractivity contribution in [2.24, 2.45) is 10.9 Å². The molecule has 1 aromatic heterocycles. The molecular formula is C22H33N5OS. The SMILES string of the molecule is CN=C(NCc1sc(-c2ccccc2)nc1C)NCC(C(C)C)N1CCOCC1. The summed E-state index contributed by atoms with van der Waals surface area (Å²) in [5.74, 6) is 1.40. The molecule has 7 heteroatoms. The molecule has 0 radical (unpaired) electrons. The van der Waals surface area contributed by atoms with Crippen molar-refractivity contribution in [3.8, 4) is 10.6 Å². The van der Waals surface area contributed by atoms with E-state index in [0.717, 1.165) is 56.1 Å². The maximum atomic E-state index is 5.51. The number of nitrogens with one attached hydrogen (secondary N) is 2. The van der Waals surface area contributed by atoms with E-state index in [0.29, 0.717) is 12.0 Å². The fourth-order valence-corrected chi connectivity index (χ4v) is 4.59. The number of ether oxygens (including phenoxy) is 1. The van der Waals surface area contributed by atoms with Gasteiger partial charge in [0.15, 0.2) is 5.96 Å². The van der Waals surface area contributed by atoms with E-state index in [1.165, 1.54) is 10.4 Å². The number of thiazole rings is 1. The van der Waals surface area contributed by atoms with E-state index < -0.39 is 0 Å². The zero-order valence-electron chi connectivity index (χ0n) is 17.9. The van der Waals surface area contributed by atoms with Crippen LogP contribution in [-0.2, 0) is 11.3 Å². The molecule has 0 spiro atoms. The fraction of sp³-hybridized carbons (Fsp3) is 0.545. The summed E-state index contributed by atoms with van der Waals surface area (Å²) in [5, 5.41) is 8.04. The number of hydrogen-bond donors (Lipinski definition) is 2. The Labute approximate surface area is 178 Å². The van der Waals surface area contributed by atoms with Gasteiger partial charge in [0.2, 0.25) is 0 Å². The lowest BCUT2D eigenvalue weighted by Gasteiger charge is -2.37. The number of rotatable bonds is 7. The van der Waals surface area contributed by atoms with Crippen molar-refractivity contribution in [3.63, 3.8) is 0 Å². The van der Waals surface area contributed by atoms with E-state index in [2.05, 4.69) is 65.6 Å². The Morgan fingerprint density at radius 1 is 1.21 bits per heavy atom. The molecule has 1 aliphatic heterocycles. The molecule has 2 heterocycles. The molecule has 0 bridgehead atoms. The van der Waals surface area contributed by atoms with Crippen LogP contribution in [0, 0.1) is 12.8 Å². The van der Waals surface area contributed by atoms with E-state index >= 15 is 0 Å². The average Bonchev–Trinajstić information content (AvgIpc) is 3.12. The Morgan fingerprint density at radius 3 is 2.59 bits per heavy atom. The summed E-state index contributed by atoms with van der Waals surface area (Å²) >= 11 is 1.74. The van der Waals surface area contributed by atoms with Gasteiger partial charge in [0.25, 0.3) is 0 Å². The van der Waals surface area contributed by atoms with Crippen LogP contribution in [-0.4, -0.2) is 61.8 Å². The topological polar surface area (TPSA) is 61.8 Å². The Balaban J connectivity index is 1.56. The molecule has 1 aromatic carbocycles. The lowest BCUT2D eigenvalue weighted by molar-refractivity contribution is 0.00752. The maximum Gasteiger partial charge on any atom is 0.191 e. The first-order valence-corrected chi connectivity index (χ1v) is 11.2. The van der Waals surface area contributed by atoms with Crippen molar-refractivity contribution >= 4 is 17.3 Å². The summed E-state index contributed by atoms with van der Waals surface area (Å²) < 4.78 is 5.51. The highest BCUT2D eigenvalue weighted by atomic mass is 32.1. The molecule has 29 heavy (non-hydrogen) atoms. The smallest absolute Gasteiger partial charge is 0.191 e. The summed E-state index contributed by atoms with van der Waals surface area (Å²) in [5.41, 5.74) is 2.24. The summed E-state index contributed by atoms with van der Waals surface area (Å²) in [6.45, 7) is 11.9. The second kappa shape index (κ2) is 10.7. The quantitative estimate of drug-likeness (QED) is 0.537. The van der Waals surface area contributed by atoms with Gasteiger partial charge in [-0.15, -0.1) is 11.3 Å². The molecule has 1 fully saturated rings. The van der Waals surface area contributed by atoms with Crippen LogP contribution in [0.4, 0.5) is 0 Å². The highest BCUT2D eigenvalue weighted by Crippen LogP contribution is 2.27. The van der Waals surface area contributed by atoms with Crippen LogP contribution in [0.3, 0.4) is 0 Å². The standard InChI is InChI=1S/C22H33N5OS/c1-16(2)19(27-10-12-28-13-11-27)14-24-22(23-4)25-15-20-17(3)26-21(29-20)18-8-6-5-7-9-18/h5-9,16,19H,10-15H2,1-4H3,(H2,23,24,25). The molecule has 1 atom stereocenters. The summed E-state index contributed by atoms with van der Waals surface area (Å²) in [4.78, 5) is 12.9. The Morgan fingerprint density at radius 2 is 1.93 bits per heavy atom. The van der Waals surface area contributed by atoms with Gasteiger partial charge in [0.05, 0.1) is 25.5 Å². The van der Waals surface area contributed by atoms with Gasteiger partial charge in [-0.25, -0.2) is 4.98 Å². The van der Waals surface area contributed by atoms with Gasteiger partial charge < -0.3 is 15.4 Å². The molecule has 2 N–H and O–H groups in total. The third-order valence-electron chi connectivity index (χ3n) is 5.32. The Bertz CT molecular complexity index is 784. The highest BCUT2D eigenvalue weighted by molar-refractivity contribution is 7.15. The summed E-state index contributed by atoms with van der Waals surface area (Å²) in [6.07, 6.45) is 0. The molecular weight excluding hydrogens is 382 g/mol. The number of guanidine groups is 1. The molecule has 158 valence electrons. The Kier molecular flexibility index (Phi) is 8.03. The first-order chi connectivity index (χ1) is 14.1. The molecule has 2 aromatic rings. The normalized spacial score (nSPS) is 16.8. The van der Waals surface area contributed by atoms with Crippen LogP contribution < -0.4 is 10.6 Å². The van der Waals surface area contributed by atoms with Crippen molar-refractivity contribution in [1.82, 2.24) is 20.5 Å². The largest absolute Gasteiger partial charge is 0.379 e. The Hall–Kier alpha value is -1.96. The number of hydrogen-bond acceptors (Lipinski definition) is 5. The van der Waals surface area contributed by atoms with Crippen LogP contribution in [0.15, 0.2) is 35.3 Å². The molecule has 0 saturated carbocycles. The second-order valence-corrected chi connectivity index (χ2v) is 8.74. The van der Waals surface area contributed by atoms with E-state index in [-0.39, 0.29) is 0 Å². The molecule has 0 amide bonds. The average molecular weight is 416 g/mol. The maximum absolute atomic E-state index is 5.51. The van der Waals surface area contributed by atoms with Gasteiger partial charge in [0.1, 0.15) is 5.01 Å². The number of aromatic nitrogens is 1. The summed E-state index contributed by atoms with van der Waals surface area (Å²) in [6, 6.07) is 10.8. The van der Waals surface area contributed by atoms with Gasteiger partial charge in [-0.2, -0.15) is 0 Å². The molecule has 1 unspecified atom stereocenters. The summed E-state index contributed by atoms with van der Waals surface area (Å²) in [7, 11) is 1.82. The highest BCUT2D eigenvalue weighted by Gasteiger charge is 2.24.